The molecule has 35 heavy (non-hydrogen) atoms. The number of para-hydroxylation sites is 2. The lowest BCUT2D eigenvalue weighted by molar-refractivity contribution is -0.121. The molecule has 0 saturated heterocycles. The van der Waals surface area contributed by atoms with Gasteiger partial charge in [-0.2, -0.15) is 0 Å². The van der Waals surface area contributed by atoms with Crippen LogP contribution >= 0.6 is 0 Å². The molecule has 1 aromatic heterocycles. The molecule has 3 aromatic carbocycles. The van der Waals surface area contributed by atoms with E-state index in [9.17, 15) is 14.4 Å². The molecule has 2 amide bonds. The van der Waals surface area contributed by atoms with Crippen molar-refractivity contribution in [3.8, 4) is 11.5 Å². The zero-order valence-electron chi connectivity index (χ0n) is 18.7. The summed E-state index contributed by atoms with van der Waals surface area (Å²) < 4.78 is 16.5. The molecule has 0 fully saturated rings. The summed E-state index contributed by atoms with van der Waals surface area (Å²) in [7, 11) is 0. The molecule has 4 aromatic rings. The molecule has 0 unspecified atom stereocenters. The minimum absolute atomic E-state index is 0.0591. The van der Waals surface area contributed by atoms with Gasteiger partial charge in [-0.1, -0.05) is 36.4 Å². The van der Waals surface area contributed by atoms with Crippen molar-refractivity contribution in [3.05, 3.63) is 94.8 Å². The number of hydrogen-bond donors (Lipinski definition) is 1. The third-order valence-corrected chi connectivity index (χ3v) is 5.58. The Balaban J connectivity index is 1.31. The summed E-state index contributed by atoms with van der Waals surface area (Å²) in [5.41, 5.74) is 0.543. The average Bonchev–Trinajstić information content (AvgIpc) is 2.87. The summed E-state index contributed by atoms with van der Waals surface area (Å²) in [4.78, 5) is 39.4. The van der Waals surface area contributed by atoms with Gasteiger partial charge >= 0.3 is 5.63 Å². The quantitative estimate of drug-likeness (QED) is 0.321. The van der Waals surface area contributed by atoms with Gasteiger partial charge in [0.2, 0.25) is 0 Å². The normalized spacial score (nSPS) is 12.7. The van der Waals surface area contributed by atoms with E-state index in [1.807, 2.05) is 30.3 Å². The molecule has 0 aliphatic carbocycles. The van der Waals surface area contributed by atoms with E-state index in [2.05, 4.69) is 5.32 Å². The molecule has 2 heterocycles. The summed E-state index contributed by atoms with van der Waals surface area (Å²) in [6, 6.07) is 22.9. The van der Waals surface area contributed by atoms with Gasteiger partial charge in [0.25, 0.3) is 11.8 Å². The summed E-state index contributed by atoms with van der Waals surface area (Å²) in [5, 5.41) is 3.36. The van der Waals surface area contributed by atoms with Crippen LogP contribution in [-0.2, 0) is 4.79 Å². The van der Waals surface area contributed by atoms with E-state index in [0.717, 1.165) is 5.75 Å². The number of nitrogens with zero attached hydrogens (tertiary/aromatic N) is 1. The fourth-order valence-electron chi connectivity index (χ4n) is 3.87. The zero-order chi connectivity index (χ0) is 24.2. The topological polar surface area (TPSA) is 98.1 Å². The Kier molecular flexibility index (Phi) is 6.17. The molecule has 176 valence electrons. The average molecular weight is 470 g/mol. The van der Waals surface area contributed by atoms with Crippen LogP contribution in [-0.4, -0.2) is 31.6 Å². The molecular formula is C27H22N2O6. The van der Waals surface area contributed by atoms with E-state index in [-0.39, 0.29) is 18.1 Å². The fourth-order valence-corrected chi connectivity index (χ4v) is 3.87. The van der Waals surface area contributed by atoms with Crippen molar-refractivity contribution in [2.45, 2.75) is 6.42 Å². The van der Waals surface area contributed by atoms with Crippen LogP contribution in [0.5, 0.6) is 11.5 Å². The lowest BCUT2D eigenvalue weighted by Crippen LogP contribution is -2.39. The fraction of sp³-hybridized carbons (Fsp3) is 0.148. The van der Waals surface area contributed by atoms with E-state index in [1.165, 1.54) is 6.07 Å². The first-order valence-corrected chi connectivity index (χ1v) is 11.2. The molecule has 8 heteroatoms. The number of hydrogen-bond acceptors (Lipinski definition) is 6. The third-order valence-electron chi connectivity index (χ3n) is 5.58. The monoisotopic (exact) mass is 470 g/mol. The summed E-state index contributed by atoms with van der Waals surface area (Å²) in [6.45, 7) is 0.808. The van der Waals surface area contributed by atoms with Crippen LogP contribution < -0.4 is 25.3 Å². The third kappa shape index (κ3) is 4.86. The summed E-state index contributed by atoms with van der Waals surface area (Å²) >= 11 is 0. The van der Waals surface area contributed by atoms with Gasteiger partial charge in [-0.05, 0) is 48.9 Å². The highest BCUT2D eigenvalue weighted by molar-refractivity contribution is 6.06. The van der Waals surface area contributed by atoms with E-state index in [4.69, 9.17) is 13.9 Å². The highest BCUT2D eigenvalue weighted by Gasteiger charge is 2.26. The van der Waals surface area contributed by atoms with Crippen molar-refractivity contribution in [3.63, 3.8) is 0 Å². The molecule has 8 nitrogen and oxygen atoms in total. The molecule has 1 aliphatic heterocycles. The second-order valence-electron chi connectivity index (χ2n) is 7.97. The van der Waals surface area contributed by atoms with Gasteiger partial charge in [-0.3, -0.25) is 9.59 Å². The molecule has 0 spiro atoms. The number of rotatable bonds is 7. The molecule has 1 N–H and O–H groups in total. The standard InChI is InChI=1S/C27H22N2O6/c30-25-17-34-24-12-11-19(16-22(24)29(25)13-6-14-33-20-8-2-1-3-9-20)28-26(31)21-15-18-7-4-5-10-23(18)35-27(21)32/h1-5,7-12,15-16H,6,13-14,17H2,(H,28,31). The number of fused-ring (bicyclic) bond motifs is 2. The van der Waals surface area contributed by atoms with Gasteiger partial charge in [-0.25, -0.2) is 4.79 Å². The Morgan fingerprint density at radius 2 is 1.77 bits per heavy atom. The van der Waals surface area contributed by atoms with Crippen LogP contribution in [0.25, 0.3) is 11.0 Å². The number of carbonyl (C=O) groups excluding carboxylic acids is 2. The van der Waals surface area contributed by atoms with Crippen molar-refractivity contribution < 1.29 is 23.5 Å². The van der Waals surface area contributed by atoms with E-state index < -0.39 is 11.5 Å². The maximum absolute atomic E-state index is 12.8. The van der Waals surface area contributed by atoms with Crippen molar-refractivity contribution in [2.24, 2.45) is 0 Å². The lowest BCUT2D eigenvalue weighted by Gasteiger charge is -2.29. The molecule has 0 bridgehead atoms. The van der Waals surface area contributed by atoms with Gasteiger partial charge in [0.05, 0.1) is 12.3 Å². The molecule has 0 radical (unpaired) electrons. The Hall–Kier alpha value is -4.59. The number of nitrogens with one attached hydrogen (secondary N) is 1. The highest BCUT2D eigenvalue weighted by atomic mass is 16.5. The van der Waals surface area contributed by atoms with Gasteiger partial charge in [0, 0.05) is 17.6 Å². The first-order chi connectivity index (χ1) is 17.1. The maximum Gasteiger partial charge on any atom is 0.349 e. The van der Waals surface area contributed by atoms with Gasteiger partial charge in [0.1, 0.15) is 22.6 Å². The Morgan fingerprint density at radius 3 is 2.63 bits per heavy atom. The second kappa shape index (κ2) is 9.72. The van der Waals surface area contributed by atoms with Crippen molar-refractivity contribution in [1.82, 2.24) is 0 Å². The number of benzene rings is 3. The number of anilines is 2. The van der Waals surface area contributed by atoms with Crippen LogP contribution in [0.4, 0.5) is 11.4 Å². The molecule has 0 atom stereocenters. The molecule has 5 rings (SSSR count). The number of carbonyl (C=O) groups is 2. The number of amides is 2. The van der Waals surface area contributed by atoms with Gasteiger partial charge in [-0.15, -0.1) is 0 Å². The van der Waals surface area contributed by atoms with Gasteiger partial charge in [0.15, 0.2) is 6.61 Å². The van der Waals surface area contributed by atoms with E-state index >= 15 is 0 Å². The first-order valence-electron chi connectivity index (χ1n) is 11.2. The SMILES string of the molecule is O=C(Nc1ccc2c(c1)N(CCCOc1ccccc1)C(=O)CO2)c1cc2ccccc2oc1=O. The predicted molar refractivity (Wildman–Crippen MR) is 131 cm³/mol. The summed E-state index contributed by atoms with van der Waals surface area (Å²) in [5.74, 6) is 0.521. The minimum Gasteiger partial charge on any atom is -0.494 e. The zero-order valence-corrected chi connectivity index (χ0v) is 18.7. The van der Waals surface area contributed by atoms with Crippen LogP contribution in [0.3, 0.4) is 0 Å². The maximum atomic E-state index is 12.8. The van der Waals surface area contributed by atoms with Crippen LogP contribution in [0.1, 0.15) is 16.8 Å². The van der Waals surface area contributed by atoms with Crippen molar-refractivity contribution in [1.29, 1.82) is 0 Å². The minimum atomic E-state index is -0.724. The van der Waals surface area contributed by atoms with Crippen LogP contribution in [0.15, 0.2) is 88.1 Å². The highest BCUT2D eigenvalue weighted by Crippen LogP contribution is 2.35. The summed E-state index contributed by atoms with van der Waals surface area (Å²) in [6.07, 6.45) is 0.606. The van der Waals surface area contributed by atoms with Crippen LogP contribution in [0.2, 0.25) is 0 Å². The number of ether oxygens (including phenoxy) is 2. The van der Waals surface area contributed by atoms with Crippen molar-refractivity contribution in [2.75, 3.05) is 30.0 Å². The smallest absolute Gasteiger partial charge is 0.349 e. The second-order valence-corrected chi connectivity index (χ2v) is 7.97. The lowest BCUT2D eigenvalue weighted by atomic mass is 10.1. The predicted octanol–water partition coefficient (Wildman–Crippen LogP) is 4.24. The molecule has 1 aliphatic rings. The Bertz CT molecular complexity index is 1450. The molecular weight excluding hydrogens is 448 g/mol. The van der Waals surface area contributed by atoms with Gasteiger partial charge < -0.3 is 24.1 Å². The Labute approximate surface area is 200 Å². The van der Waals surface area contributed by atoms with E-state index in [0.29, 0.717) is 47.7 Å². The molecule has 0 saturated carbocycles. The Morgan fingerprint density at radius 1 is 0.971 bits per heavy atom. The van der Waals surface area contributed by atoms with E-state index in [1.54, 1.807) is 47.4 Å². The largest absolute Gasteiger partial charge is 0.494 e. The first kappa shape index (κ1) is 22.2. The van der Waals surface area contributed by atoms with Crippen molar-refractivity contribution >= 4 is 34.2 Å². The van der Waals surface area contributed by atoms with Crippen LogP contribution in [0, 0.1) is 0 Å².